The average molecular weight is 332 g/mol. The SMILES string of the molecule is CCCn1c(O[C@H]2CCOC2)nc(=O)c2[nH]c(C3CCCC3)nc21. The van der Waals surface area contributed by atoms with Crippen molar-refractivity contribution in [3.63, 3.8) is 0 Å². The number of nitrogens with zero attached hydrogens (tertiary/aromatic N) is 3. The minimum Gasteiger partial charge on any atom is -0.459 e. The molecular formula is C17H24N4O3. The largest absolute Gasteiger partial charge is 0.459 e. The lowest BCUT2D eigenvalue weighted by Gasteiger charge is -2.16. The fraction of sp³-hybridized carbons (Fsp3) is 0.706. The summed E-state index contributed by atoms with van der Waals surface area (Å²) in [5.74, 6) is 1.35. The molecule has 1 saturated heterocycles. The van der Waals surface area contributed by atoms with E-state index in [1.165, 1.54) is 12.8 Å². The number of rotatable bonds is 5. The number of fused-ring (bicyclic) bond motifs is 1. The first-order valence-corrected chi connectivity index (χ1v) is 9.01. The molecule has 3 heterocycles. The third kappa shape index (κ3) is 2.81. The van der Waals surface area contributed by atoms with Gasteiger partial charge >= 0.3 is 11.6 Å². The van der Waals surface area contributed by atoms with Crippen LogP contribution >= 0.6 is 0 Å². The van der Waals surface area contributed by atoms with Crippen LogP contribution < -0.4 is 10.3 Å². The second-order valence-corrected chi connectivity index (χ2v) is 6.76. The van der Waals surface area contributed by atoms with Crippen LogP contribution in [0.2, 0.25) is 0 Å². The summed E-state index contributed by atoms with van der Waals surface area (Å²) in [5, 5.41) is 0. The fourth-order valence-corrected chi connectivity index (χ4v) is 3.68. The standard InChI is InChI=1S/C17H24N4O3/c1-2-8-21-15-13(18-14(19-15)11-5-3-4-6-11)16(22)20-17(21)24-12-7-9-23-10-12/h11-12H,2-10H2,1H3,(H,18,19)/t12-/m0/s1. The summed E-state index contributed by atoms with van der Waals surface area (Å²) in [6.07, 6.45) is 6.45. The maximum absolute atomic E-state index is 12.5. The van der Waals surface area contributed by atoms with Gasteiger partial charge in [-0.3, -0.25) is 9.36 Å². The zero-order valence-electron chi connectivity index (χ0n) is 14.1. The predicted octanol–water partition coefficient (Wildman–Crippen LogP) is 2.35. The lowest BCUT2D eigenvalue weighted by Crippen LogP contribution is -2.23. The topological polar surface area (TPSA) is 82.0 Å². The highest BCUT2D eigenvalue weighted by molar-refractivity contribution is 5.70. The van der Waals surface area contributed by atoms with Gasteiger partial charge in [0.15, 0.2) is 11.2 Å². The molecule has 130 valence electrons. The van der Waals surface area contributed by atoms with Crippen molar-refractivity contribution >= 4 is 11.2 Å². The molecule has 1 aliphatic heterocycles. The maximum Gasteiger partial charge on any atom is 0.301 e. The van der Waals surface area contributed by atoms with Gasteiger partial charge in [-0.2, -0.15) is 4.98 Å². The van der Waals surface area contributed by atoms with Gasteiger partial charge in [0.05, 0.1) is 13.2 Å². The summed E-state index contributed by atoms with van der Waals surface area (Å²) >= 11 is 0. The number of H-pyrrole nitrogens is 1. The van der Waals surface area contributed by atoms with Crippen LogP contribution in [0.4, 0.5) is 0 Å². The Hall–Kier alpha value is -1.89. The molecule has 0 amide bonds. The summed E-state index contributed by atoms with van der Waals surface area (Å²) in [5.41, 5.74) is 0.885. The number of aryl methyl sites for hydroxylation is 1. The van der Waals surface area contributed by atoms with Crippen molar-refractivity contribution in [3.05, 3.63) is 16.2 Å². The lowest BCUT2D eigenvalue weighted by atomic mass is 10.1. The average Bonchev–Trinajstić information content (AvgIpc) is 3.30. The van der Waals surface area contributed by atoms with E-state index >= 15 is 0 Å². The van der Waals surface area contributed by atoms with E-state index in [1.807, 2.05) is 4.57 Å². The third-order valence-corrected chi connectivity index (χ3v) is 4.95. The molecule has 1 saturated carbocycles. The van der Waals surface area contributed by atoms with Crippen molar-refractivity contribution in [2.24, 2.45) is 0 Å². The van der Waals surface area contributed by atoms with Crippen molar-refractivity contribution in [2.75, 3.05) is 13.2 Å². The first kappa shape index (κ1) is 15.6. The van der Waals surface area contributed by atoms with Crippen LogP contribution in [0.25, 0.3) is 11.2 Å². The molecule has 2 aromatic rings. The molecule has 7 heteroatoms. The molecule has 1 N–H and O–H groups in total. The smallest absolute Gasteiger partial charge is 0.301 e. The van der Waals surface area contributed by atoms with Crippen molar-refractivity contribution in [3.8, 4) is 6.01 Å². The molecule has 0 aromatic carbocycles. The predicted molar refractivity (Wildman–Crippen MR) is 89.5 cm³/mol. The molecule has 0 bridgehead atoms. The Bertz CT molecular complexity index is 770. The number of aromatic nitrogens is 4. The van der Waals surface area contributed by atoms with Gasteiger partial charge in [-0.15, -0.1) is 0 Å². The molecular weight excluding hydrogens is 308 g/mol. The van der Waals surface area contributed by atoms with Gasteiger partial charge in [0.1, 0.15) is 11.9 Å². The van der Waals surface area contributed by atoms with Crippen LogP contribution in [-0.4, -0.2) is 38.8 Å². The highest BCUT2D eigenvalue weighted by atomic mass is 16.6. The molecule has 24 heavy (non-hydrogen) atoms. The number of ether oxygens (including phenoxy) is 2. The van der Waals surface area contributed by atoms with Crippen LogP contribution in [0.15, 0.2) is 4.79 Å². The molecule has 1 atom stereocenters. The van der Waals surface area contributed by atoms with Crippen LogP contribution in [0, 0.1) is 0 Å². The van der Waals surface area contributed by atoms with E-state index in [0.29, 0.717) is 36.3 Å². The normalized spacial score (nSPS) is 21.8. The molecule has 0 radical (unpaired) electrons. The molecule has 2 fully saturated rings. The Balaban J connectivity index is 1.77. The first-order chi connectivity index (χ1) is 11.8. The quantitative estimate of drug-likeness (QED) is 0.909. The van der Waals surface area contributed by atoms with Gasteiger partial charge in [-0.25, -0.2) is 4.98 Å². The number of aromatic amines is 1. The van der Waals surface area contributed by atoms with E-state index in [4.69, 9.17) is 14.5 Å². The van der Waals surface area contributed by atoms with Crippen molar-refractivity contribution in [1.82, 2.24) is 19.5 Å². The van der Waals surface area contributed by atoms with Crippen molar-refractivity contribution < 1.29 is 9.47 Å². The number of hydrogen-bond acceptors (Lipinski definition) is 5. The molecule has 2 aromatic heterocycles. The lowest BCUT2D eigenvalue weighted by molar-refractivity contribution is 0.130. The zero-order chi connectivity index (χ0) is 16.5. The van der Waals surface area contributed by atoms with E-state index < -0.39 is 0 Å². The Labute approximate surface area is 140 Å². The molecule has 1 aliphatic carbocycles. The molecule has 0 unspecified atom stereocenters. The minimum absolute atomic E-state index is 0.0364. The van der Waals surface area contributed by atoms with Crippen LogP contribution in [0.1, 0.15) is 57.2 Å². The van der Waals surface area contributed by atoms with E-state index in [1.54, 1.807) is 0 Å². The Kier molecular flexibility index (Phi) is 4.26. The van der Waals surface area contributed by atoms with Gasteiger partial charge in [-0.05, 0) is 19.3 Å². The summed E-state index contributed by atoms with van der Waals surface area (Å²) in [6.45, 7) is 4.06. The van der Waals surface area contributed by atoms with Gasteiger partial charge in [-0.1, -0.05) is 19.8 Å². The highest BCUT2D eigenvalue weighted by Crippen LogP contribution is 2.33. The van der Waals surface area contributed by atoms with Gasteiger partial charge in [0.2, 0.25) is 0 Å². The van der Waals surface area contributed by atoms with Gasteiger partial charge < -0.3 is 14.5 Å². The second kappa shape index (κ2) is 6.55. The Morgan fingerprint density at radius 2 is 2.12 bits per heavy atom. The minimum atomic E-state index is -0.289. The zero-order valence-corrected chi connectivity index (χ0v) is 14.1. The molecule has 4 rings (SSSR count). The maximum atomic E-state index is 12.5. The Morgan fingerprint density at radius 1 is 1.29 bits per heavy atom. The van der Waals surface area contributed by atoms with Crippen LogP contribution in [-0.2, 0) is 11.3 Å². The molecule has 0 spiro atoms. The van der Waals surface area contributed by atoms with E-state index in [9.17, 15) is 4.79 Å². The first-order valence-electron chi connectivity index (χ1n) is 9.01. The highest BCUT2D eigenvalue weighted by Gasteiger charge is 2.25. The third-order valence-electron chi connectivity index (χ3n) is 4.95. The number of imidazole rings is 1. The summed E-state index contributed by atoms with van der Waals surface area (Å²) in [4.78, 5) is 24.6. The molecule has 2 aliphatic rings. The van der Waals surface area contributed by atoms with Crippen molar-refractivity contribution in [2.45, 2.75) is 64.0 Å². The second-order valence-electron chi connectivity index (χ2n) is 6.76. The van der Waals surface area contributed by atoms with Crippen LogP contribution in [0.3, 0.4) is 0 Å². The van der Waals surface area contributed by atoms with Gasteiger partial charge in [0, 0.05) is 18.9 Å². The Morgan fingerprint density at radius 3 is 2.83 bits per heavy atom. The van der Waals surface area contributed by atoms with E-state index in [0.717, 1.165) is 38.1 Å². The van der Waals surface area contributed by atoms with Crippen LogP contribution in [0.5, 0.6) is 6.01 Å². The van der Waals surface area contributed by atoms with E-state index in [2.05, 4.69) is 16.9 Å². The number of hydrogen-bond donors (Lipinski definition) is 1. The summed E-state index contributed by atoms with van der Waals surface area (Å²) in [6, 6.07) is 0.370. The molecule has 7 nitrogen and oxygen atoms in total. The van der Waals surface area contributed by atoms with E-state index in [-0.39, 0.29) is 11.7 Å². The monoisotopic (exact) mass is 332 g/mol. The summed E-state index contributed by atoms with van der Waals surface area (Å²) < 4.78 is 13.2. The number of nitrogens with one attached hydrogen (secondary N) is 1. The summed E-state index contributed by atoms with van der Waals surface area (Å²) in [7, 11) is 0. The fourth-order valence-electron chi connectivity index (χ4n) is 3.68. The van der Waals surface area contributed by atoms with Crippen molar-refractivity contribution in [1.29, 1.82) is 0 Å². The van der Waals surface area contributed by atoms with Gasteiger partial charge in [0.25, 0.3) is 0 Å².